The molecule has 1 aliphatic rings. The van der Waals surface area contributed by atoms with Gasteiger partial charge in [0.1, 0.15) is 11.6 Å². The first-order chi connectivity index (χ1) is 16.5. The van der Waals surface area contributed by atoms with Gasteiger partial charge in [-0.2, -0.15) is 0 Å². The largest absolute Gasteiger partial charge is 0.352 e. The van der Waals surface area contributed by atoms with Gasteiger partial charge in [0.05, 0.1) is 13.0 Å². The number of anilines is 1. The molecule has 0 radical (unpaired) electrons. The Bertz CT molecular complexity index is 1120. The highest BCUT2D eigenvalue weighted by atomic mass is 19.1. The van der Waals surface area contributed by atoms with E-state index in [-0.39, 0.29) is 35.8 Å². The SMILES string of the molecule is O=C(Cc1cccc(N(Cc2ccc(F)cc2)C(=O)C2CCCC2)c1)NCc1ccc(F)cc1. The van der Waals surface area contributed by atoms with Gasteiger partial charge in [0.2, 0.25) is 11.8 Å². The average molecular weight is 463 g/mol. The van der Waals surface area contributed by atoms with E-state index in [1.165, 1.54) is 24.3 Å². The van der Waals surface area contributed by atoms with Crippen molar-refractivity contribution in [3.8, 4) is 0 Å². The Hall–Kier alpha value is -3.54. The predicted octanol–water partition coefficient (Wildman–Crippen LogP) is 5.55. The number of carbonyl (C=O) groups is 2. The van der Waals surface area contributed by atoms with Crippen LogP contribution >= 0.6 is 0 Å². The molecule has 1 saturated carbocycles. The van der Waals surface area contributed by atoms with Crippen molar-refractivity contribution in [2.45, 2.75) is 45.2 Å². The van der Waals surface area contributed by atoms with Crippen LogP contribution in [0.4, 0.5) is 14.5 Å². The van der Waals surface area contributed by atoms with Crippen LogP contribution in [-0.2, 0) is 29.1 Å². The Morgan fingerprint density at radius 1 is 0.824 bits per heavy atom. The van der Waals surface area contributed by atoms with E-state index >= 15 is 0 Å². The van der Waals surface area contributed by atoms with Gasteiger partial charge in [-0.3, -0.25) is 9.59 Å². The van der Waals surface area contributed by atoms with Gasteiger partial charge in [0, 0.05) is 18.2 Å². The molecule has 0 bridgehead atoms. The fourth-order valence-electron chi connectivity index (χ4n) is 4.35. The van der Waals surface area contributed by atoms with E-state index in [0.717, 1.165) is 48.1 Å². The number of benzene rings is 3. The van der Waals surface area contributed by atoms with Gasteiger partial charge < -0.3 is 10.2 Å². The number of rotatable bonds is 8. The van der Waals surface area contributed by atoms with E-state index in [0.29, 0.717) is 13.1 Å². The van der Waals surface area contributed by atoms with Crippen LogP contribution in [0.1, 0.15) is 42.4 Å². The minimum Gasteiger partial charge on any atom is -0.352 e. The van der Waals surface area contributed by atoms with E-state index in [2.05, 4.69) is 5.32 Å². The summed E-state index contributed by atoms with van der Waals surface area (Å²) in [6.45, 7) is 0.658. The molecular weight excluding hydrogens is 434 g/mol. The summed E-state index contributed by atoms with van der Waals surface area (Å²) in [5, 5.41) is 2.85. The lowest BCUT2D eigenvalue weighted by atomic mass is 10.0. The summed E-state index contributed by atoms with van der Waals surface area (Å²) in [7, 11) is 0. The molecule has 0 aliphatic heterocycles. The van der Waals surface area contributed by atoms with Crippen LogP contribution in [0.15, 0.2) is 72.8 Å². The molecule has 0 unspecified atom stereocenters. The van der Waals surface area contributed by atoms with E-state index in [9.17, 15) is 18.4 Å². The summed E-state index contributed by atoms with van der Waals surface area (Å²) in [4.78, 5) is 27.6. The lowest BCUT2D eigenvalue weighted by Crippen LogP contribution is -2.35. The number of hydrogen-bond acceptors (Lipinski definition) is 2. The second kappa shape index (κ2) is 11.1. The lowest BCUT2D eigenvalue weighted by Gasteiger charge is -2.26. The molecule has 0 heterocycles. The third kappa shape index (κ3) is 6.28. The molecule has 0 atom stereocenters. The minimum atomic E-state index is -0.316. The van der Waals surface area contributed by atoms with Crippen LogP contribution in [0.2, 0.25) is 0 Å². The van der Waals surface area contributed by atoms with Gasteiger partial charge in [-0.05, 0) is 65.9 Å². The van der Waals surface area contributed by atoms with Crippen molar-refractivity contribution in [1.82, 2.24) is 5.32 Å². The minimum absolute atomic E-state index is 0.0110. The van der Waals surface area contributed by atoms with E-state index in [1.54, 1.807) is 29.2 Å². The Morgan fingerprint density at radius 2 is 1.44 bits per heavy atom. The smallest absolute Gasteiger partial charge is 0.230 e. The maximum Gasteiger partial charge on any atom is 0.230 e. The first-order valence-corrected chi connectivity index (χ1v) is 11.6. The van der Waals surface area contributed by atoms with E-state index in [1.807, 2.05) is 24.3 Å². The van der Waals surface area contributed by atoms with Crippen molar-refractivity contribution in [1.29, 1.82) is 0 Å². The second-order valence-electron chi connectivity index (χ2n) is 8.78. The Balaban J connectivity index is 1.47. The van der Waals surface area contributed by atoms with Crippen LogP contribution < -0.4 is 10.2 Å². The molecule has 6 heteroatoms. The van der Waals surface area contributed by atoms with Gasteiger partial charge in [0.25, 0.3) is 0 Å². The first kappa shape index (κ1) is 23.6. The van der Waals surface area contributed by atoms with Crippen molar-refractivity contribution < 1.29 is 18.4 Å². The zero-order valence-corrected chi connectivity index (χ0v) is 19.0. The fraction of sp³-hybridized carbons (Fsp3) is 0.286. The Labute approximate surface area is 198 Å². The summed E-state index contributed by atoms with van der Waals surface area (Å²) in [5.74, 6) is -0.730. The van der Waals surface area contributed by atoms with Gasteiger partial charge in [-0.15, -0.1) is 0 Å². The van der Waals surface area contributed by atoms with Gasteiger partial charge in [-0.1, -0.05) is 49.2 Å². The normalized spacial score (nSPS) is 13.6. The molecule has 1 fully saturated rings. The predicted molar refractivity (Wildman–Crippen MR) is 128 cm³/mol. The molecule has 1 aliphatic carbocycles. The first-order valence-electron chi connectivity index (χ1n) is 11.6. The zero-order chi connectivity index (χ0) is 23.9. The number of nitrogens with one attached hydrogen (secondary N) is 1. The topological polar surface area (TPSA) is 49.4 Å². The van der Waals surface area contributed by atoms with Crippen molar-refractivity contribution in [3.63, 3.8) is 0 Å². The Morgan fingerprint density at radius 3 is 2.09 bits per heavy atom. The molecule has 0 spiro atoms. The maximum atomic E-state index is 13.4. The summed E-state index contributed by atoms with van der Waals surface area (Å²) in [5.41, 5.74) is 3.17. The number of nitrogens with zero attached hydrogens (tertiary/aromatic N) is 1. The zero-order valence-electron chi connectivity index (χ0n) is 19.0. The second-order valence-corrected chi connectivity index (χ2v) is 8.78. The highest BCUT2D eigenvalue weighted by Crippen LogP contribution is 2.30. The summed E-state index contributed by atoms with van der Waals surface area (Å²) < 4.78 is 26.4. The molecule has 4 rings (SSSR count). The number of halogens is 2. The molecule has 0 saturated heterocycles. The van der Waals surface area contributed by atoms with Gasteiger partial charge in [0.15, 0.2) is 0 Å². The number of carbonyl (C=O) groups excluding carboxylic acids is 2. The average Bonchev–Trinajstić information content (AvgIpc) is 3.38. The van der Waals surface area contributed by atoms with Crippen LogP contribution in [0, 0.1) is 17.6 Å². The molecule has 2 amide bonds. The molecule has 34 heavy (non-hydrogen) atoms. The van der Waals surface area contributed by atoms with E-state index < -0.39 is 0 Å². The monoisotopic (exact) mass is 462 g/mol. The third-order valence-electron chi connectivity index (χ3n) is 6.21. The van der Waals surface area contributed by atoms with Crippen LogP contribution in [0.3, 0.4) is 0 Å². The summed E-state index contributed by atoms with van der Waals surface area (Å²) >= 11 is 0. The fourth-order valence-corrected chi connectivity index (χ4v) is 4.35. The van der Waals surface area contributed by atoms with Crippen molar-refractivity contribution in [2.24, 2.45) is 5.92 Å². The molecule has 3 aromatic carbocycles. The molecular formula is C28H28F2N2O2. The number of hydrogen-bond donors (Lipinski definition) is 1. The van der Waals surface area contributed by atoms with Crippen LogP contribution in [0.25, 0.3) is 0 Å². The summed E-state index contributed by atoms with van der Waals surface area (Å²) in [6, 6.07) is 19.6. The molecule has 1 N–H and O–H groups in total. The highest BCUT2D eigenvalue weighted by molar-refractivity contribution is 5.95. The summed E-state index contributed by atoms with van der Waals surface area (Å²) in [6.07, 6.45) is 4.02. The van der Waals surface area contributed by atoms with Crippen molar-refractivity contribution in [3.05, 3.63) is 101 Å². The maximum absolute atomic E-state index is 13.4. The van der Waals surface area contributed by atoms with Gasteiger partial charge >= 0.3 is 0 Å². The Kier molecular flexibility index (Phi) is 7.68. The van der Waals surface area contributed by atoms with Crippen LogP contribution in [0.5, 0.6) is 0 Å². The quantitative estimate of drug-likeness (QED) is 0.477. The van der Waals surface area contributed by atoms with Crippen LogP contribution in [-0.4, -0.2) is 11.8 Å². The highest BCUT2D eigenvalue weighted by Gasteiger charge is 2.28. The lowest BCUT2D eigenvalue weighted by molar-refractivity contribution is -0.122. The molecule has 176 valence electrons. The third-order valence-corrected chi connectivity index (χ3v) is 6.21. The molecule has 0 aromatic heterocycles. The van der Waals surface area contributed by atoms with Crippen molar-refractivity contribution >= 4 is 17.5 Å². The van der Waals surface area contributed by atoms with E-state index in [4.69, 9.17) is 0 Å². The molecule has 3 aromatic rings. The van der Waals surface area contributed by atoms with Crippen molar-refractivity contribution in [2.75, 3.05) is 4.90 Å². The number of amides is 2. The van der Waals surface area contributed by atoms with Gasteiger partial charge in [-0.25, -0.2) is 8.78 Å². The molecule has 4 nitrogen and oxygen atoms in total. The standard InChI is InChI=1S/C28H28F2N2O2/c29-24-12-8-20(9-13-24)18-31-27(33)17-22-4-3-7-26(16-22)32(28(34)23-5-1-2-6-23)19-21-10-14-25(30)15-11-21/h3-4,7-16,23H,1-2,5-6,17-19H2,(H,31,33).